The lowest BCUT2D eigenvalue weighted by atomic mass is 9.63. The molecule has 2 heteroatoms. The van der Waals surface area contributed by atoms with Crippen LogP contribution in [0.3, 0.4) is 0 Å². The Bertz CT molecular complexity index is 798. The molecule has 2 aliphatic rings. The van der Waals surface area contributed by atoms with Crippen molar-refractivity contribution in [1.82, 2.24) is 0 Å². The molecule has 4 atom stereocenters. The third kappa shape index (κ3) is 4.56. The predicted octanol–water partition coefficient (Wildman–Crippen LogP) is 8.90. The zero-order chi connectivity index (χ0) is 19.5. The molecule has 0 N–H and O–H groups in total. The molecule has 4 rings (SSSR count). The van der Waals surface area contributed by atoms with Gasteiger partial charge < -0.3 is 0 Å². The van der Waals surface area contributed by atoms with Gasteiger partial charge in [-0.25, -0.2) is 4.39 Å². The lowest BCUT2D eigenvalue weighted by Crippen LogP contribution is -2.30. The molecular formula is C26H34ClF. The van der Waals surface area contributed by atoms with E-state index >= 15 is 0 Å². The van der Waals surface area contributed by atoms with Gasteiger partial charge in [0.25, 0.3) is 0 Å². The van der Waals surface area contributed by atoms with Crippen molar-refractivity contribution in [2.75, 3.05) is 0 Å². The van der Waals surface area contributed by atoms with Gasteiger partial charge in [-0.2, -0.15) is 0 Å². The average molecular weight is 401 g/mol. The van der Waals surface area contributed by atoms with Crippen LogP contribution in [-0.4, -0.2) is 0 Å². The molecule has 2 aliphatic carbocycles. The number of halogens is 2. The smallest absolute Gasteiger partial charge is 0.131 e. The number of hydrogen-bond acceptors (Lipinski definition) is 0. The Labute approximate surface area is 174 Å². The van der Waals surface area contributed by atoms with Gasteiger partial charge in [0.05, 0.1) is 0 Å². The fourth-order valence-electron chi connectivity index (χ4n) is 5.95. The largest absolute Gasteiger partial charge is 0.206 e. The summed E-state index contributed by atoms with van der Waals surface area (Å²) in [6.07, 6.45) is 15.1. The van der Waals surface area contributed by atoms with Crippen LogP contribution >= 0.6 is 11.6 Å². The highest BCUT2D eigenvalue weighted by Crippen LogP contribution is 2.48. The number of rotatable bonds is 6. The van der Waals surface area contributed by atoms with Crippen LogP contribution in [0.4, 0.5) is 4.39 Å². The van der Waals surface area contributed by atoms with Crippen LogP contribution in [0.5, 0.6) is 0 Å². The second-order valence-electron chi connectivity index (χ2n) is 9.43. The molecular weight excluding hydrogens is 367 g/mol. The maximum absolute atomic E-state index is 14.7. The Morgan fingerprint density at radius 1 is 0.929 bits per heavy atom. The van der Waals surface area contributed by atoms with Gasteiger partial charge in [-0.3, -0.25) is 0 Å². The van der Waals surface area contributed by atoms with Gasteiger partial charge in [-0.05, 0) is 84.9 Å². The molecule has 28 heavy (non-hydrogen) atoms. The number of unbranched alkanes of at least 4 members (excludes halogenated alkanes) is 3. The summed E-state index contributed by atoms with van der Waals surface area (Å²) in [5.74, 6) is 3.15. The highest BCUT2D eigenvalue weighted by molar-refractivity contribution is 6.31. The van der Waals surface area contributed by atoms with Crippen molar-refractivity contribution < 1.29 is 4.39 Å². The lowest BCUT2D eigenvalue weighted by Gasteiger charge is -2.42. The summed E-state index contributed by atoms with van der Waals surface area (Å²) in [7, 11) is 0. The standard InChI is InChI=1S/C26H34ClF/c1-2-3-4-5-6-18-7-8-20-14-21(10-9-19(20)13-18)23-15-22-11-12-24(27)17-25(22)26(28)16-23/h11-12,15-21H,2-10,13-14H2,1H3/t18-,19?,20-,21?/m1/s1. The molecule has 0 aromatic heterocycles. The average Bonchev–Trinajstić information content (AvgIpc) is 2.71. The highest BCUT2D eigenvalue weighted by atomic mass is 35.5. The number of fused-ring (bicyclic) bond motifs is 2. The minimum absolute atomic E-state index is 0.118. The second kappa shape index (κ2) is 9.16. The maximum Gasteiger partial charge on any atom is 0.131 e. The molecule has 2 aromatic carbocycles. The Balaban J connectivity index is 1.38. The topological polar surface area (TPSA) is 0 Å². The van der Waals surface area contributed by atoms with Crippen molar-refractivity contribution in [3.8, 4) is 0 Å². The first kappa shape index (κ1) is 20.2. The summed E-state index contributed by atoms with van der Waals surface area (Å²) in [5.41, 5.74) is 1.20. The molecule has 0 heterocycles. The Morgan fingerprint density at radius 2 is 1.75 bits per heavy atom. The highest BCUT2D eigenvalue weighted by Gasteiger charge is 2.35. The molecule has 0 bridgehead atoms. The van der Waals surface area contributed by atoms with E-state index in [9.17, 15) is 4.39 Å². The summed E-state index contributed by atoms with van der Waals surface area (Å²) in [4.78, 5) is 0. The molecule has 2 fully saturated rings. The monoisotopic (exact) mass is 400 g/mol. The molecule has 2 aromatic rings. The van der Waals surface area contributed by atoms with Gasteiger partial charge in [-0.15, -0.1) is 0 Å². The summed E-state index contributed by atoms with van der Waals surface area (Å²) in [6, 6.07) is 9.56. The van der Waals surface area contributed by atoms with Crippen LogP contribution < -0.4 is 0 Å². The number of hydrogen-bond donors (Lipinski definition) is 0. The van der Waals surface area contributed by atoms with Gasteiger partial charge in [0, 0.05) is 10.4 Å². The third-order valence-corrected chi connectivity index (χ3v) is 7.78. The first-order valence-electron chi connectivity index (χ1n) is 11.5. The third-order valence-electron chi connectivity index (χ3n) is 7.55. The Morgan fingerprint density at radius 3 is 2.61 bits per heavy atom. The van der Waals surface area contributed by atoms with Crippen LogP contribution in [0.25, 0.3) is 10.8 Å². The van der Waals surface area contributed by atoms with E-state index in [1.54, 1.807) is 12.1 Å². The minimum Gasteiger partial charge on any atom is -0.206 e. The van der Waals surface area contributed by atoms with E-state index < -0.39 is 0 Å². The van der Waals surface area contributed by atoms with Crippen LogP contribution in [0.2, 0.25) is 5.02 Å². The normalized spacial score (nSPS) is 27.7. The first-order chi connectivity index (χ1) is 13.6. The molecule has 0 amide bonds. The Kier molecular flexibility index (Phi) is 6.61. The van der Waals surface area contributed by atoms with E-state index in [-0.39, 0.29) is 5.82 Å². The second-order valence-corrected chi connectivity index (χ2v) is 9.86. The van der Waals surface area contributed by atoms with Crippen molar-refractivity contribution in [2.45, 2.75) is 83.5 Å². The summed E-state index contributed by atoms with van der Waals surface area (Å²) in [5, 5.41) is 2.23. The van der Waals surface area contributed by atoms with Gasteiger partial charge in [-0.1, -0.05) is 69.2 Å². The van der Waals surface area contributed by atoms with Crippen molar-refractivity contribution >= 4 is 22.4 Å². The summed E-state index contributed by atoms with van der Waals surface area (Å²) < 4.78 is 14.7. The van der Waals surface area contributed by atoms with Crippen LogP contribution in [0, 0.1) is 23.6 Å². The zero-order valence-electron chi connectivity index (χ0n) is 17.2. The van der Waals surface area contributed by atoms with E-state index in [0.29, 0.717) is 16.3 Å². The number of benzene rings is 2. The SMILES string of the molecule is CCCCCC[C@@H]1CC[C@@H]2CC(c3cc(F)c4cc(Cl)ccc4c3)CCC2C1. The van der Waals surface area contributed by atoms with E-state index in [1.165, 1.54) is 76.2 Å². The summed E-state index contributed by atoms with van der Waals surface area (Å²) in [6.45, 7) is 2.29. The maximum atomic E-state index is 14.7. The molecule has 0 spiro atoms. The summed E-state index contributed by atoms with van der Waals surface area (Å²) >= 11 is 6.05. The van der Waals surface area contributed by atoms with E-state index in [2.05, 4.69) is 13.0 Å². The molecule has 2 saturated carbocycles. The molecule has 0 nitrogen and oxygen atoms in total. The lowest BCUT2D eigenvalue weighted by molar-refractivity contribution is 0.113. The van der Waals surface area contributed by atoms with Crippen LogP contribution in [-0.2, 0) is 0 Å². The van der Waals surface area contributed by atoms with Crippen molar-refractivity contribution in [3.63, 3.8) is 0 Å². The minimum atomic E-state index is -0.118. The van der Waals surface area contributed by atoms with Gasteiger partial charge >= 0.3 is 0 Å². The quantitative estimate of drug-likeness (QED) is 0.424. The molecule has 0 saturated heterocycles. The molecule has 2 unspecified atom stereocenters. The van der Waals surface area contributed by atoms with E-state index in [1.807, 2.05) is 12.1 Å². The van der Waals surface area contributed by atoms with Crippen LogP contribution in [0.1, 0.15) is 89.0 Å². The molecule has 0 radical (unpaired) electrons. The van der Waals surface area contributed by atoms with Gasteiger partial charge in [0.1, 0.15) is 5.82 Å². The fraction of sp³-hybridized carbons (Fsp3) is 0.615. The van der Waals surface area contributed by atoms with Crippen molar-refractivity contribution in [1.29, 1.82) is 0 Å². The zero-order valence-corrected chi connectivity index (χ0v) is 18.0. The van der Waals surface area contributed by atoms with Crippen molar-refractivity contribution in [3.05, 3.63) is 46.7 Å². The fourth-order valence-corrected chi connectivity index (χ4v) is 6.13. The van der Waals surface area contributed by atoms with E-state index in [0.717, 1.165) is 23.1 Å². The molecule has 152 valence electrons. The molecule has 0 aliphatic heterocycles. The Hall–Kier alpha value is -1.08. The first-order valence-corrected chi connectivity index (χ1v) is 11.9. The van der Waals surface area contributed by atoms with Crippen LogP contribution in [0.15, 0.2) is 30.3 Å². The van der Waals surface area contributed by atoms with E-state index in [4.69, 9.17) is 11.6 Å². The predicted molar refractivity (Wildman–Crippen MR) is 119 cm³/mol. The van der Waals surface area contributed by atoms with Crippen molar-refractivity contribution in [2.24, 2.45) is 17.8 Å². The van der Waals surface area contributed by atoms with Gasteiger partial charge in [0.2, 0.25) is 0 Å². The van der Waals surface area contributed by atoms with Gasteiger partial charge in [0.15, 0.2) is 0 Å².